The molecule has 0 bridgehead atoms. The van der Waals surface area contributed by atoms with Gasteiger partial charge in [0, 0.05) is 23.3 Å². The molecule has 1 aromatic rings. The van der Waals surface area contributed by atoms with E-state index in [1.165, 1.54) is 24.4 Å². The summed E-state index contributed by atoms with van der Waals surface area (Å²) in [6.07, 6.45) is 4.61. The summed E-state index contributed by atoms with van der Waals surface area (Å²) in [6, 6.07) is 0. The van der Waals surface area contributed by atoms with Gasteiger partial charge in [0.15, 0.2) is 0 Å². The highest BCUT2D eigenvalue weighted by Gasteiger charge is 2.34. The Kier molecular flexibility index (Phi) is 4.69. The van der Waals surface area contributed by atoms with Gasteiger partial charge in [-0.1, -0.05) is 38.1 Å². The van der Waals surface area contributed by atoms with Crippen molar-refractivity contribution in [3.63, 3.8) is 0 Å². The Morgan fingerprint density at radius 1 is 1.40 bits per heavy atom. The zero-order chi connectivity index (χ0) is 14.8. The lowest BCUT2D eigenvalue weighted by Gasteiger charge is -2.26. The fourth-order valence-electron chi connectivity index (χ4n) is 2.66. The summed E-state index contributed by atoms with van der Waals surface area (Å²) < 4.78 is 3.93. The van der Waals surface area contributed by atoms with Crippen LogP contribution in [-0.4, -0.2) is 27.9 Å². The minimum atomic E-state index is -0.169. The third-order valence-electron chi connectivity index (χ3n) is 3.98. The Balaban J connectivity index is 2.04. The molecule has 0 aliphatic heterocycles. The average Bonchev–Trinajstić information content (AvgIpc) is 3.05. The van der Waals surface area contributed by atoms with Crippen LogP contribution in [0.3, 0.4) is 0 Å². The van der Waals surface area contributed by atoms with Gasteiger partial charge in [0.2, 0.25) is 0 Å². The second-order valence-electron chi connectivity index (χ2n) is 6.72. The maximum Gasteiger partial charge on any atom is 0.264 e. The Hall–Kier alpha value is -0.680. The maximum absolute atomic E-state index is 12.4. The Morgan fingerprint density at radius 2 is 2.05 bits per heavy atom. The molecule has 1 amide bonds. The van der Waals surface area contributed by atoms with Crippen molar-refractivity contribution in [2.24, 2.45) is 5.41 Å². The van der Waals surface area contributed by atoms with Gasteiger partial charge in [-0.25, -0.2) is 0 Å². The van der Waals surface area contributed by atoms with Gasteiger partial charge in [-0.3, -0.25) is 4.79 Å². The average molecular weight is 316 g/mol. The summed E-state index contributed by atoms with van der Waals surface area (Å²) in [6.45, 7) is 6.77. The molecule has 0 aromatic carbocycles. The van der Waals surface area contributed by atoms with E-state index in [9.17, 15) is 4.79 Å². The summed E-state index contributed by atoms with van der Waals surface area (Å²) in [5.41, 5.74) is 0.681. The number of hydrogen-bond acceptors (Lipinski definition) is 4. The quantitative estimate of drug-likeness (QED) is 0.867. The van der Waals surface area contributed by atoms with Crippen LogP contribution in [0.1, 0.15) is 61.8 Å². The molecule has 6 heteroatoms. The van der Waals surface area contributed by atoms with Gasteiger partial charge in [0.25, 0.3) is 5.91 Å². The number of carbonyl (C=O) groups excluding carboxylic acids is 1. The van der Waals surface area contributed by atoms with Gasteiger partial charge < -0.3 is 5.32 Å². The number of alkyl halides is 1. The Bertz CT molecular complexity index is 475. The highest BCUT2D eigenvalue weighted by molar-refractivity contribution is 7.08. The van der Waals surface area contributed by atoms with Crippen LogP contribution in [0.5, 0.6) is 0 Å². The van der Waals surface area contributed by atoms with E-state index in [1.54, 1.807) is 0 Å². The van der Waals surface area contributed by atoms with E-state index in [1.807, 2.05) is 20.8 Å². The number of hydrogen-bond donors (Lipinski definition) is 1. The first-order valence-electron chi connectivity index (χ1n) is 7.05. The molecule has 0 unspecified atom stereocenters. The van der Waals surface area contributed by atoms with Crippen molar-refractivity contribution in [1.82, 2.24) is 14.9 Å². The van der Waals surface area contributed by atoms with Gasteiger partial charge in [-0.2, -0.15) is 0 Å². The Morgan fingerprint density at radius 3 is 2.60 bits per heavy atom. The van der Waals surface area contributed by atoms with Crippen molar-refractivity contribution in [1.29, 1.82) is 0 Å². The number of rotatable bonds is 4. The minimum Gasteiger partial charge on any atom is -0.351 e. The topological polar surface area (TPSA) is 54.9 Å². The number of aromatic nitrogens is 2. The van der Waals surface area contributed by atoms with Crippen LogP contribution in [0, 0.1) is 5.41 Å². The number of carbonyl (C=O) groups is 1. The molecule has 1 aromatic heterocycles. The van der Waals surface area contributed by atoms with E-state index < -0.39 is 0 Å². The smallest absolute Gasteiger partial charge is 0.264 e. The highest BCUT2D eigenvalue weighted by Crippen LogP contribution is 2.38. The first-order valence-corrected chi connectivity index (χ1v) is 8.36. The van der Waals surface area contributed by atoms with Gasteiger partial charge in [0.1, 0.15) is 4.88 Å². The molecule has 1 N–H and O–H groups in total. The molecule has 0 saturated heterocycles. The highest BCUT2D eigenvalue weighted by atomic mass is 35.5. The molecule has 20 heavy (non-hydrogen) atoms. The van der Waals surface area contributed by atoms with Crippen LogP contribution in [0.4, 0.5) is 0 Å². The predicted molar refractivity (Wildman–Crippen MR) is 82.6 cm³/mol. The second-order valence-corrected chi connectivity index (χ2v) is 7.75. The molecule has 112 valence electrons. The zero-order valence-electron chi connectivity index (χ0n) is 12.3. The number of nitrogens with zero attached hydrogens (tertiary/aromatic N) is 2. The van der Waals surface area contributed by atoms with E-state index in [0.717, 1.165) is 18.5 Å². The van der Waals surface area contributed by atoms with Crippen molar-refractivity contribution in [2.45, 2.75) is 51.9 Å². The normalized spacial score (nSPS) is 18.2. The molecule has 1 fully saturated rings. The summed E-state index contributed by atoms with van der Waals surface area (Å²) in [7, 11) is 0. The van der Waals surface area contributed by atoms with Crippen LogP contribution >= 0.6 is 23.1 Å². The Labute approximate surface area is 129 Å². The SMILES string of the molecule is CC(C)(C)c1nnsc1C(=O)NCC1(CCl)CCCC1. The fraction of sp³-hybridized carbons (Fsp3) is 0.786. The molecular weight excluding hydrogens is 294 g/mol. The maximum atomic E-state index is 12.4. The molecule has 2 rings (SSSR count). The summed E-state index contributed by atoms with van der Waals surface area (Å²) in [5.74, 6) is 0.543. The van der Waals surface area contributed by atoms with Crippen molar-refractivity contribution in [2.75, 3.05) is 12.4 Å². The second kappa shape index (κ2) is 5.98. The van der Waals surface area contributed by atoms with E-state index in [2.05, 4.69) is 14.9 Å². The molecule has 1 saturated carbocycles. The third kappa shape index (κ3) is 3.31. The molecule has 1 aliphatic carbocycles. The molecule has 0 spiro atoms. The lowest BCUT2D eigenvalue weighted by molar-refractivity contribution is 0.0936. The third-order valence-corrected chi connectivity index (χ3v) is 5.27. The van der Waals surface area contributed by atoms with Gasteiger partial charge in [-0.15, -0.1) is 16.7 Å². The first kappa shape index (κ1) is 15.7. The van der Waals surface area contributed by atoms with Crippen molar-refractivity contribution in [3.8, 4) is 0 Å². The van der Waals surface area contributed by atoms with E-state index in [-0.39, 0.29) is 16.7 Å². The number of nitrogens with one attached hydrogen (secondary N) is 1. The predicted octanol–water partition coefficient (Wildman–Crippen LogP) is 3.36. The van der Waals surface area contributed by atoms with E-state index in [0.29, 0.717) is 17.3 Å². The van der Waals surface area contributed by atoms with Crippen molar-refractivity contribution >= 4 is 29.0 Å². The lowest BCUT2D eigenvalue weighted by Crippen LogP contribution is -2.37. The van der Waals surface area contributed by atoms with Crippen molar-refractivity contribution in [3.05, 3.63) is 10.6 Å². The summed E-state index contributed by atoms with van der Waals surface area (Å²) >= 11 is 7.27. The summed E-state index contributed by atoms with van der Waals surface area (Å²) in [5, 5.41) is 7.15. The van der Waals surface area contributed by atoms with Crippen molar-refractivity contribution < 1.29 is 4.79 Å². The van der Waals surface area contributed by atoms with Crippen LogP contribution in [0.2, 0.25) is 0 Å². The van der Waals surface area contributed by atoms with E-state index >= 15 is 0 Å². The van der Waals surface area contributed by atoms with Gasteiger partial charge >= 0.3 is 0 Å². The monoisotopic (exact) mass is 315 g/mol. The largest absolute Gasteiger partial charge is 0.351 e. The number of amides is 1. The molecule has 1 aliphatic rings. The van der Waals surface area contributed by atoms with E-state index in [4.69, 9.17) is 11.6 Å². The lowest BCUT2D eigenvalue weighted by atomic mass is 9.88. The van der Waals surface area contributed by atoms with Crippen LogP contribution < -0.4 is 5.32 Å². The van der Waals surface area contributed by atoms with Crippen LogP contribution in [0.15, 0.2) is 0 Å². The van der Waals surface area contributed by atoms with Gasteiger partial charge in [-0.05, 0) is 24.4 Å². The molecule has 0 atom stereocenters. The van der Waals surface area contributed by atoms with Crippen LogP contribution in [0.25, 0.3) is 0 Å². The summed E-state index contributed by atoms with van der Waals surface area (Å²) in [4.78, 5) is 13.0. The standard InChI is InChI=1S/C14H22ClN3OS/c1-13(2,3)11-10(20-18-17-11)12(19)16-9-14(8-15)6-4-5-7-14/h4-9H2,1-3H3,(H,16,19). The molecule has 1 heterocycles. The molecular formula is C14H22ClN3OS. The first-order chi connectivity index (χ1) is 9.38. The van der Waals surface area contributed by atoms with Gasteiger partial charge in [0.05, 0.1) is 5.69 Å². The zero-order valence-corrected chi connectivity index (χ0v) is 13.9. The molecule has 0 radical (unpaired) electrons. The van der Waals surface area contributed by atoms with Crippen LogP contribution in [-0.2, 0) is 5.41 Å². The minimum absolute atomic E-state index is 0.0682. The number of halogens is 1. The fourth-order valence-corrected chi connectivity index (χ4v) is 3.82. The molecule has 4 nitrogen and oxygen atoms in total.